The molecule has 0 bridgehead atoms. The molecule has 2 aromatic rings. The maximum Gasteiger partial charge on any atom is 0.294 e. The molecular weight excluding hydrogens is 393 g/mol. The summed E-state index contributed by atoms with van der Waals surface area (Å²) in [5.41, 5.74) is 3.52. The van der Waals surface area contributed by atoms with Crippen molar-refractivity contribution < 1.29 is 18.8 Å². The van der Waals surface area contributed by atoms with Crippen LogP contribution in [-0.2, 0) is 9.59 Å². The van der Waals surface area contributed by atoms with Gasteiger partial charge in [0.1, 0.15) is 12.4 Å². The number of carbonyl (C=O) groups excluding carboxylic acids is 3. The monoisotopic (exact) mass is 413 g/mol. The van der Waals surface area contributed by atoms with Crippen molar-refractivity contribution in [3.63, 3.8) is 0 Å². The van der Waals surface area contributed by atoms with Crippen LogP contribution in [-0.4, -0.2) is 33.1 Å². The maximum absolute atomic E-state index is 13.0. The summed E-state index contributed by atoms with van der Waals surface area (Å²) < 4.78 is 15.2. The fraction of sp³-hybridized carbons (Fsp3) is 0.286. The van der Waals surface area contributed by atoms with Gasteiger partial charge in [0.25, 0.3) is 11.1 Å². The maximum atomic E-state index is 13.0. The molecule has 150 valence electrons. The van der Waals surface area contributed by atoms with Crippen molar-refractivity contribution in [2.75, 3.05) is 11.9 Å². The van der Waals surface area contributed by atoms with Crippen molar-refractivity contribution in [3.05, 3.63) is 58.0 Å². The van der Waals surface area contributed by atoms with Gasteiger partial charge in [0.15, 0.2) is 0 Å². The van der Waals surface area contributed by atoms with E-state index in [-0.39, 0.29) is 6.54 Å². The number of hydrogen-bond donors (Lipinski definition) is 1. The van der Waals surface area contributed by atoms with Gasteiger partial charge in [-0.1, -0.05) is 0 Å². The number of nitrogens with zero attached hydrogens (tertiary/aromatic N) is 2. The Morgan fingerprint density at radius 1 is 1.24 bits per heavy atom. The molecule has 1 saturated carbocycles. The number of nitrogens with one attached hydrogen (secondary N) is 1. The second kappa shape index (κ2) is 7.51. The molecule has 3 amide bonds. The Bertz CT molecular complexity index is 1040. The van der Waals surface area contributed by atoms with E-state index in [4.69, 9.17) is 0 Å². The van der Waals surface area contributed by atoms with Gasteiger partial charge in [-0.05, 0) is 80.4 Å². The molecule has 4 rings (SSSR count). The van der Waals surface area contributed by atoms with E-state index in [1.54, 1.807) is 6.08 Å². The minimum atomic E-state index is -0.521. The van der Waals surface area contributed by atoms with Crippen LogP contribution in [0.15, 0.2) is 35.2 Å². The van der Waals surface area contributed by atoms with Crippen molar-refractivity contribution in [1.82, 2.24) is 9.47 Å². The minimum Gasteiger partial charge on any atom is -0.346 e. The number of anilines is 1. The van der Waals surface area contributed by atoms with E-state index < -0.39 is 22.9 Å². The number of aromatic nitrogens is 1. The number of imide groups is 1. The molecule has 2 heterocycles. The average molecular weight is 413 g/mol. The lowest BCUT2D eigenvalue weighted by molar-refractivity contribution is -0.127. The first-order chi connectivity index (χ1) is 13.8. The van der Waals surface area contributed by atoms with Crippen LogP contribution < -0.4 is 5.32 Å². The van der Waals surface area contributed by atoms with E-state index in [0.717, 1.165) is 46.5 Å². The summed E-state index contributed by atoms with van der Waals surface area (Å²) in [6, 6.07) is 7.81. The molecule has 0 atom stereocenters. The smallest absolute Gasteiger partial charge is 0.294 e. The standard InChI is InChI=1S/C21H20FN3O3S/c1-12-9-14(13(2)25(12)17-7-8-17)10-18-20(27)24(21(28)29-18)11-19(26)23-16-5-3-15(22)4-6-16/h3-6,9-10,17H,7-8,11H2,1-2H3,(H,23,26)/b18-10-. The molecule has 29 heavy (non-hydrogen) atoms. The molecule has 0 spiro atoms. The van der Waals surface area contributed by atoms with Gasteiger partial charge >= 0.3 is 0 Å². The summed E-state index contributed by atoms with van der Waals surface area (Å²) in [5, 5.41) is 2.08. The second-order valence-electron chi connectivity index (χ2n) is 7.25. The predicted octanol–water partition coefficient (Wildman–Crippen LogP) is 4.25. The number of thioether (sulfide) groups is 1. The summed E-state index contributed by atoms with van der Waals surface area (Å²) in [5.74, 6) is -1.42. The zero-order valence-electron chi connectivity index (χ0n) is 16.1. The number of halogens is 1. The van der Waals surface area contributed by atoms with Gasteiger partial charge in [0.05, 0.1) is 4.91 Å². The quantitative estimate of drug-likeness (QED) is 0.744. The van der Waals surface area contributed by atoms with Crippen LogP contribution in [0, 0.1) is 19.7 Å². The van der Waals surface area contributed by atoms with E-state index >= 15 is 0 Å². The molecule has 1 N–H and O–H groups in total. The lowest BCUT2D eigenvalue weighted by atomic mass is 10.2. The van der Waals surface area contributed by atoms with Gasteiger partial charge < -0.3 is 9.88 Å². The molecule has 0 unspecified atom stereocenters. The minimum absolute atomic E-state index is 0.306. The predicted molar refractivity (Wildman–Crippen MR) is 110 cm³/mol. The van der Waals surface area contributed by atoms with E-state index in [2.05, 4.69) is 9.88 Å². The first-order valence-electron chi connectivity index (χ1n) is 9.32. The van der Waals surface area contributed by atoms with Crippen LogP contribution >= 0.6 is 11.8 Å². The van der Waals surface area contributed by atoms with Gasteiger partial charge in [-0.25, -0.2) is 4.39 Å². The van der Waals surface area contributed by atoms with E-state index in [1.165, 1.54) is 24.3 Å². The van der Waals surface area contributed by atoms with Crippen LogP contribution in [0.1, 0.15) is 35.8 Å². The van der Waals surface area contributed by atoms with Gasteiger partial charge in [0.2, 0.25) is 5.91 Å². The molecule has 1 aliphatic heterocycles. The summed E-state index contributed by atoms with van der Waals surface area (Å²) >= 11 is 0.834. The molecule has 2 fully saturated rings. The summed E-state index contributed by atoms with van der Waals surface area (Å²) in [6.07, 6.45) is 4.05. The highest BCUT2D eigenvalue weighted by Gasteiger charge is 2.36. The molecule has 1 aromatic heterocycles. The number of carbonyl (C=O) groups is 3. The van der Waals surface area contributed by atoms with Crippen LogP contribution in [0.4, 0.5) is 14.9 Å². The third kappa shape index (κ3) is 3.98. The van der Waals surface area contributed by atoms with E-state index in [1.807, 2.05) is 19.9 Å². The Morgan fingerprint density at radius 2 is 1.93 bits per heavy atom. The molecule has 1 saturated heterocycles. The SMILES string of the molecule is Cc1cc(/C=C2\SC(=O)N(CC(=O)Nc3ccc(F)cc3)C2=O)c(C)n1C1CC1. The lowest BCUT2D eigenvalue weighted by Crippen LogP contribution is -2.36. The summed E-state index contributed by atoms with van der Waals surface area (Å²) in [4.78, 5) is 38.4. The lowest BCUT2D eigenvalue weighted by Gasteiger charge is -2.12. The molecule has 2 aliphatic rings. The first-order valence-corrected chi connectivity index (χ1v) is 10.1. The van der Waals surface area contributed by atoms with Crippen LogP contribution in [0.2, 0.25) is 0 Å². The molecule has 6 nitrogen and oxygen atoms in total. The van der Waals surface area contributed by atoms with Gasteiger partial charge in [0, 0.05) is 23.1 Å². The van der Waals surface area contributed by atoms with Crippen molar-refractivity contribution >= 4 is 40.6 Å². The molecular formula is C21H20FN3O3S. The normalized spacial score (nSPS) is 18.0. The van der Waals surface area contributed by atoms with Crippen molar-refractivity contribution in [2.24, 2.45) is 0 Å². The topological polar surface area (TPSA) is 71.4 Å². The van der Waals surface area contributed by atoms with Crippen LogP contribution in [0.3, 0.4) is 0 Å². The molecule has 8 heteroatoms. The number of amides is 3. The number of benzene rings is 1. The van der Waals surface area contributed by atoms with Gasteiger partial charge in [-0.3, -0.25) is 19.3 Å². The third-order valence-electron chi connectivity index (χ3n) is 5.03. The average Bonchev–Trinajstić information content (AvgIpc) is 3.41. The number of hydrogen-bond acceptors (Lipinski definition) is 4. The number of aryl methyl sites for hydroxylation is 1. The molecule has 0 radical (unpaired) electrons. The van der Waals surface area contributed by atoms with Crippen molar-refractivity contribution in [3.8, 4) is 0 Å². The van der Waals surface area contributed by atoms with E-state index in [9.17, 15) is 18.8 Å². The Balaban J connectivity index is 1.47. The van der Waals surface area contributed by atoms with Crippen molar-refractivity contribution in [2.45, 2.75) is 32.7 Å². The largest absolute Gasteiger partial charge is 0.346 e. The highest BCUT2D eigenvalue weighted by molar-refractivity contribution is 8.18. The highest BCUT2D eigenvalue weighted by Crippen LogP contribution is 2.39. The summed E-state index contributed by atoms with van der Waals surface area (Å²) in [7, 11) is 0. The molecule has 1 aromatic carbocycles. The van der Waals surface area contributed by atoms with Crippen LogP contribution in [0.25, 0.3) is 6.08 Å². The van der Waals surface area contributed by atoms with Crippen molar-refractivity contribution in [1.29, 1.82) is 0 Å². The summed E-state index contributed by atoms with van der Waals surface area (Å²) in [6.45, 7) is 3.66. The third-order valence-corrected chi connectivity index (χ3v) is 5.93. The zero-order valence-corrected chi connectivity index (χ0v) is 16.9. The Kier molecular flexibility index (Phi) is 5.04. The second-order valence-corrected chi connectivity index (χ2v) is 8.24. The zero-order chi connectivity index (χ0) is 20.7. The Labute approximate surface area is 171 Å². The van der Waals surface area contributed by atoms with Gasteiger partial charge in [-0.2, -0.15) is 0 Å². The fourth-order valence-corrected chi connectivity index (χ4v) is 4.33. The van der Waals surface area contributed by atoms with E-state index in [0.29, 0.717) is 16.6 Å². The fourth-order valence-electron chi connectivity index (χ4n) is 3.50. The Hall–Kier alpha value is -2.87. The number of rotatable bonds is 5. The Morgan fingerprint density at radius 3 is 2.59 bits per heavy atom. The van der Waals surface area contributed by atoms with Crippen LogP contribution in [0.5, 0.6) is 0 Å². The first kappa shape index (κ1) is 19.4. The van der Waals surface area contributed by atoms with Gasteiger partial charge in [-0.15, -0.1) is 0 Å². The molecule has 1 aliphatic carbocycles. The highest BCUT2D eigenvalue weighted by atomic mass is 32.2.